The van der Waals surface area contributed by atoms with Crippen LogP contribution in [0.15, 0.2) is 22.0 Å². The van der Waals surface area contributed by atoms with E-state index < -0.39 is 0 Å². The van der Waals surface area contributed by atoms with Crippen LogP contribution in [-0.2, 0) is 0 Å². The molecule has 0 saturated carbocycles. The molecule has 0 radical (unpaired) electrons. The van der Waals surface area contributed by atoms with Gasteiger partial charge < -0.3 is 0 Å². The van der Waals surface area contributed by atoms with Gasteiger partial charge in [-0.3, -0.25) is 0 Å². The topological polar surface area (TPSA) is 24.7 Å². The van der Waals surface area contributed by atoms with E-state index >= 15 is 0 Å². The lowest BCUT2D eigenvalue weighted by atomic mass is 10.0. The number of rotatable bonds is 0. The van der Waals surface area contributed by atoms with Crippen molar-refractivity contribution in [1.29, 1.82) is 0 Å². The summed E-state index contributed by atoms with van der Waals surface area (Å²) >= 11 is 0. The van der Waals surface area contributed by atoms with Crippen molar-refractivity contribution < 1.29 is 0 Å². The Morgan fingerprint density at radius 2 is 2.50 bits per heavy atom. The minimum Gasteiger partial charge on any atom is -0.189 e. The van der Waals surface area contributed by atoms with Gasteiger partial charge in [0.15, 0.2) is 0 Å². The first-order valence-corrected chi connectivity index (χ1v) is 2.84. The van der Waals surface area contributed by atoms with Crippen LogP contribution in [0.5, 0.6) is 0 Å². The zero-order chi connectivity index (χ0) is 5.98. The standard InChI is InChI=1S/C6H10N2/c1-5-3-7-8-4-6(5)2/h3,6H,4H2,1-2H3. The van der Waals surface area contributed by atoms with E-state index in [1.165, 1.54) is 5.57 Å². The molecule has 0 spiro atoms. The second-order valence-corrected chi connectivity index (χ2v) is 2.21. The quantitative estimate of drug-likeness (QED) is 0.455. The zero-order valence-electron chi connectivity index (χ0n) is 5.26. The van der Waals surface area contributed by atoms with Crippen molar-refractivity contribution >= 4 is 0 Å². The van der Waals surface area contributed by atoms with Crippen LogP contribution in [0, 0.1) is 5.92 Å². The maximum Gasteiger partial charge on any atom is 0.0666 e. The summed E-state index contributed by atoms with van der Waals surface area (Å²) in [6.45, 7) is 5.11. The van der Waals surface area contributed by atoms with Gasteiger partial charge in [0.05, 0.1) is 6.54 Å². The minimum atomic E-state index is 0.604. The van der Waals surface area contributed by atoms with Crippen molar-refractivity contribution in [3.05, 3.63) is 11.8 Å². The van der Waals surface area contributed by atoms with Crippen LogP contribution in [0.2, 0.25) is 0 Å². The first kappa shape index (κ1) is 5.48. The molecule has 0 fully saturated rings. The first-order chi connectivity index (χ1) is 3.80. The summed E-state index contributed by atoms with van der Waals surface area (Å²) in [6, 6.07) is 0. The van der Waals surface area contributed by atoms with Gasteiger partial charge in [0, 0.05) is 6.20 Å². The molecule has 44 valence electrons. The van der Waals surface area contributed by atoms with E-state index in [9.17, 15) is 0 Å². The summed E-state index contributed by atoms with van der Waals surface area (Å²) in [5, 5.41) is 7.63. The molecule has 0 amide bonds. The van der Waals surface area contributed by atoms with Crippen LogP contribution in [-0.4, -0.2) is 6.54 Å². The monoisotopic (exact) mass is 110 g/mol. The van der Waals surface area contributed by atoms with E-state index in [-0.39, 0.29) is 0 Å². The van der Waals surface area contributed by atoms with E-state index in [2.05, 4.69) is 24.1 Å². The van der Waals surface area contributed by atoms with E-state index in [0.717, 1.165) is 6.54 Å². The van der Waals surface area contributed by atoms with Crippen molar-refractivity contribution in [2.24, 2.45) is 16.1 Å². The van der Waals surface area contributed by atoms with E-state index in [1.807, 2.05) is 6.20 Å². The van der Waals surface area contributed by atoms with Crippen molar-refractivity contribution in [1.82, 2.24) is 0 Å². The molecular formula is C6H10N2. The molecule has 1 aliphatic heterocycles. The third kappa shape index (κ3) is 0.941. The Bertz CT molecular complexity index is 135. The third-order valence-corrected chi connectivity index (χ3v) is 1.48. The van der Waals surface area contributed by atoms with Crippen molar-refractivity contribution in [3.63, 3.8) is 0 Å². The molecule has 0 aromatic rings. The molecule has 0 saturated heterocycles. The molecule has 1 atom stereocenters. The Morgan fingerprint density at radius 3 is 2.88 bits per heavy atom. The van der Waals surface area contributed by atoms with Gasteiger partial charge in [-0.05, 0) is 18.4 Å². The summed E-state index contributed by atoms with van der Waals surface area (Å²) in [5.74, 6) is 0.604. The van der Waals surface area contributed by atoms with Crippen LogP contribution < -0.4 is 0 Å². The van der Waals surface area contributed by atoms with Crippen LogP contribution in [0.4, 0.5) is 0 Å². The number of azo groups is 1. The Labute approximate surface area is 49.3 Å². The van der Waals surface area contributed by atoms with Crippen molar-refractivity contribution in [2.75, 3.05) is 6.54 Å². The molecule has 0 bridgehead atoms. The fraction of sp³-hybridized carbons (Fsp3) is 0.667. The lowest BCUT2D eigenvalue weighted by Crippen LogP contribution is -2.02. The largest absolute Gasteiger partial charge is 0.189 e. The molecule has 8 heavy (non-hydrogen) atoms. The summed E-state index contributed by atoms with van der Waals surface area (Å²) in [5.41, 5.74) is 1.33. The molecule has 1 aliphatic rings. The third-order valence-electron chi connectivity index (χ3n) is 1.48. The number of nitrogens with zero attached hydrogens (tertiary/aromatic N) is 2. The van der Waals surface area contributed by atoms with Gasteiger partial charge in [0.1, 0.15) is 0 Å². The molecule has 1 unspecified atom stereocenters. The minimum absolute atomic E-state index is 0.604. The summed E-state index contributed by atoms with van der Waals surface area (Å²) in [6.07, 6.45) is 1.83. The molecule has 0 N–H and O–H groups in total. The second kappa shape index (κ2) is 2.07. The number of hydrogen-bond donors (Lipinski definition) is 0. The van der Waals surface area contributed by atoms with E-state index in [4.69, 9.17) is 0 Å². The van der Waals surface area contributed by atoms with Gasteiger partial charge in [-0.25, -0.2) is 0 Å². The Balaban J connectivity index is 2.66. The van der Waals surface area contributed by atoms with Gasteiger partial charge >= 0.3 is 0 Å². The normalized spacial score (nSPS) is 27.8. The predicted octanol–water partition coefficient (Wildman–Crippen LogP) is 1.99. The highest BCUT2D eigenvalue weighted by Crippen LogP contribution is 2.13. The molecule has 2 heteroatoms. The highest BCUT2D eigenvalue weighted by Gasteiger charge is 2.04. The highest BCUT2D eigenvalue weighted by atomic mass is 15.1. The lowest BCUT2D eigenvalue weighted by Gasteiger charge is -2.09. The van der Waals surface area contributed by atoms with Gasteiger partial charge in [0.2, 0.25) is 0 Å². The fourth-order valence-corrected chi connectivity index (χ4v) is 0.573. The first-order valence-electron chi connectivity index (χ1n) is 2.84. The average Bonchev–Trinajstić information content (AvgIpc) is 1.77. The summed E-state index contributed by atoms with van der Waals surface area (Å²) < 4.78 is 0. The molecule has 1 rings (SSSR count). The molecule has 0 aliphatic carbocycles. The van der Waals surface area contributed by atoms with Crippen LogP contribution in [0.1, 0.15) is 13.8 Å². The molecule has 2 nitrogen and oxygen atoms in total. The van der Waals surface area contributed by atoms with Gasteiger partial charge in [0.25, 0.3) is 0 Å². The summed E-state index contributed by atoms with van der Waals surface area (Å²) in [7, 11) is 0. The maximum atomic E-state index is 3.86. The summed E-state index contributed by atoms with van der Waals surface area (Å²) in [4.78, 5) is 0. The number of hydrogen-bond acceptors (Lipinski definition) is 2. The average molecular weight is 110 g/mol. The Hall–Kier alpha value is -0.660. The smallest absolute Gasteiger partial charge is 0.0666 e. The van der Waals surface area contributed by atoms with E-state index in [0.29, 0.717) is 5.92 Å². The van der Waals surface area contributed by atoms with Crippen molar-refractivity contribution in [3.8, 4) is 0 Å². The van der Waals surface area contributed by atoms with Crippen LogP contribution >= 0.6 is 0 Å². The van der Waals surface area contributed by atoms with Gasteiger partial charge in [-0.15, -0.1) is 0 Å². The predicted molar refractivity (Wildman–Crippen MR) is 32.6 cm³/mol. The van der Waals surface area contributed by atoms with Crippen LogP contribution in [0.25, 0.3) is 0 Å². The van der Waals surface area contributed by atoms with E-state index in [1.54, 1.807) is 0 Å². The van der Waals surface area contributed by atoms with Crippen LogP contribution in [0.3, 0.4) is 0 Å². The second-order valence-electron chi connectivity index (χ2n) is 2.21. The maximum absolute atomic E-state index is 3.86. The van der Waals surface area contributed by atoms with Gasteiger partial charge in [-0.1, -0.05) is 6.92 Å². The Morgan fingerprint density at radius 1 is 1.75 bits per heavy atom. The molecular weight excluding hydrogens is 100 g/mol. The molecule has 0 aromatic carbocycles. The Kier molecular flexibility index (Phi) is 1.42. The molecule has 0 aromatic heterocycles. The molecule has 1 heterocycles. The van der Waals surface area contributed by atoms with Gasteiger partial charge in [-0.2, -0.15) is 10.2 Å². The fourth-order valence-electron chi connectivity index (χ4n) is 0.573. The zero-order valence-corrected chi connectivity index (χ0v) is 5.26. The highest BCUT2D eigenvalue weighted by molar-refractivity contribution is 5.03. The lowest BCUT2D eigenvalue weighted by molar-refractivity contribution is 0.648. The van der Waals surface area contributed by atoms with Crippen molar-refractivity contribution in [2.45, 2.75) is 13.8 Å². The SMILES string of the molecule is CC1=CN=NCC1C.